The second-order valence-electron chi connectivity index (χ2n) is 6.55. The van der Waals surface area contributed by atoms with Crippen molar-refractivity contribution in [3.63, 3.8) is 0 Å². The lowest BCUT2D eigenvalue weighted by Gasteiger charge is -2.21. The van der Waals surface area contributed by atoms with Crippen molar-refractivity contribution in [1.29, 1.82) is 0 Å². The summed E-state index contributed by atoms with van der Waals surface area (Å²) >= 11 is 0. The second kappa shape index (κ2) is 8.01. The van der Waals surface area contributed by atoms with E-state index < -0.39 is 10.0 Å². The summed E-state index contributed by atoms with van der Waals surface area (Å²) in [7, 11) is -3.73. The summed E-state index contributed by atoms with van der Waals surface area (Å²) in [5.74, 6) is -0.357. The van der Waals surface area contributed by atoms with Gasteiger partial charge in [-0.1, -0.05) is 25.1 Å². The van der Waals surface area contributed by atoms with Gasteiger partial charge in [0.25, 0.3) is 0 Å². The Morgan fingerprint density at radius 2 is 1.62 bits per heavy atom. The number of hydrogen-bond acceptors (Lipinski definition) is 3. The molecule has 0 aromatic heterocycles. The van der Waals surface area contributed by atoms with Crippen LogP contribution in [-0.4, -0.2) is 31.7 Å². The van der Waals surface area contributed by atoms with Crippen molar-refractivity contribution >= 4 is 21.6 Å². The van der Waals surface area contributed by atoms with Crippen LogP contribution in [-0.2, 0) is 14.8 Å². The van der Waals surface area contributed by atoms with Crippen molar-refractivity contribution in [2.45, 2.75) is 39.5 Å². The number of benzene rings is 2. The molecule has 0 saturated heterocycles. The minimum absolute atomic E-state index is 0.218. The molecule has 0 saturated carbocycles. The van der Waals surface area contributed by atoms with Crippen molar-refractivity contribution < 1.29 is 13.2 Å². The van der Waals surface area contributed by atoms with Crippen molar-refractivity contribution in [1.82, 2.24) is 4.31 Å². The van der Waals surface area contributed by atoms with Gasteiger partial charge >= 0.3 is 0 Å². The van der Waals surface area contributed by atoms with Gasteiger partial charge in [0.1, 0.15) is 0 Å². The van der Waals surface area contributed by atoms with E-state index >= 15 is 0 Å². The van der Waals surface area contributed by atoms with Crippen molar-refractivity contribution in [2.75, 3.05) is 18.4 Å². The van der Waals surface area contributed by atoms with Gasteiger partial charge < -0.3 is 5.32 Å². The molecular formula is C20H26N2O3S. The van der Waals surface area contributed by atoms with Gasteiger partial charge in [-0.25, -0.2) is 8.42 Å². The first-order valence-electron chi connectivity index (χ1n) is 8.59. The zero-order chi connectivity index (χ0) is 19.5. The van der Waals surface area contributed by atoms with Crippen LogP contribution in [0.5, 0.6) is 0 Å². The van der Waals surface area contributed by atoms with Gasteiger partial charge in [0, 0.05) is 12.2 Å². The maximum atomic E-state index is 13.0. The average Bonchev–Trinajstić information content (AvgIpc) is 2.58. The highest BCUT2D eigenvalue weighted by molar-refractivity contribution is 7.89. The first-order chi connectivity index (χ1) is 12.1. The summed E-state index contributed by atoms with van der Waals surface area (Å²) in [6, 6.07) is 10.9. The second-order valence-corrected chi connectivity index (χ2v) is 8.45. The number of aryl methyl sites for hydroxylation is 4. The van der Waals surface area contributed by atoms with Crippen molar-refractivity contribution in [3.8, 4) is 0 Å². The number of sulfonamides is 1. The molecule has 0 aliphatic heterocycles. The molecule has 0 bridgehead atoms. The van der Waals surface area contributed by atoms with E-state index in [0.717, 1.165) is 16.7 Å². The minimum atomic E-state index is -3.73. The maximum Gasteiger partial charge on any atom is 0.243 e. The molecule has 5 nitrogen and oxygen atoms in total. The molecule has 140 valence electrons. The van der Waals surface area contributed by atoms with Crippen molar-refractivity contribution in [3.05, 3.63) is 58.7 Å². The number of carbonyl (C=O) groups is 1. The Morgan fingerprint density at radius 1 is 0.962 bits per heavy atom. The molecule has 6 heteroatoms. The molecule has 0 radical (unpaired) electrons. The van der Waals surface area contributed by atoms with E-state index in [9.17, 15) is 13.2 Å². The summed E-state index contributed by atoms with van der Waals surface area (Å²) in [4.78, 5) is 12.6. The van der Waals surface area contributed by atoms with Crippen LogP contribution in [0, 0.1) is 27.7 Å². The summed E-state index contributed by atoms with van der Waals surface area (Å²) in [5, 5.41) is 2.78. The van der Waals surface area contributed by atoms with Gasteiger partial charge in [-0.15, -0.1) is 0 Å². The zero-order valence-electron chi connectivity index (χ0n) is 16.0. The van der Waals surface area contributed by atoms with Gasteiger partial charge in [-0.3, -0.25) is 4.79 Å². The van der Waals surface area contributed by atoms with Crippen LogP contribution in [0.3, 0.4) is 0 Å². The summed E-state index contributed by atoms with van der Waals surface area (Å²) in [6.45, 7) is 9.29. The first-order valence-corrected chi connectivity index (χ1v) is 10.0. The number of hydrogen-bond donors (Lipinski definition) is 1. The van der Waals surface area contributed by atoms with E-state index in [-0.39, 0.29) is 23.9 Å². The fourth-order valence-electron chi connectivity index (χ4n) is 2.67. The highest BCUT2D eigenvalue weighted by Gasteiger charge is 2.26. The highest BCUT2D eigenvalue weighted by Crippen LogP contribution is 2.21. The summed E-state index contributed by atoms with van der Waals surface area (Å²) in [5.41, 5.74) is 4.40. The van der Waals surface area contributed by atoms with Crippen LogP contribution in [0.2, 0.25) is 0 Å². The number of rotatable bonds is 6. The van der Waals surface area contributed by atoms with Gasteiger partial charge in [0.15, 0.2) is 0 Å². The molecule has 0 unspecified atom stereocenters. The van der Waals surface area contributed by atoms with Gasteiger partial charge in [0.05, 0.1) is 11.4 Å². The van der Waals surface area contributed by atoms with Crippen LogP contribution in [0.25, 0.3) is 0 Å². The van der Waals surface area contributed by atoms with Gasteiger partial charge in [-0.2, -0.15) is 4.31 Å². The topological polar surface area (TPSA) is 66.5 Å². The van der Waals surface area contributed by atoms with E-state index in [4.69, 9.17) is 0 Å². The average molecular weight is 375 g/mol. The van der Waals surface area contributed by atoms with Crippen LogP contribution < -0.4 is 5.32 Å². The Labute approximate surface area is 156 Å². The van der Waals surface area contributed by atoms with Crippen LogP contribution in [0.4, 0.5) is 5.69 Å². The van der Waals surface area contributed by atoms with Crippen LogP contribution >= 0.6 is 0 Å². The smallest absolute Gasteiger partial charge is 0.243 e. The molecule has 0 heterocycles. The Morgan fingerprint density at radius 3 is 2.23 bits per heavy atom. The minimum Gasteiger partial charge on any atom is -0.325 e. The lowest BCUT2D eigenvalue weighted by Crippen LogP contribution is -2.38. The zero-order valence-corrected chi connectivity index (χ0v) is 16.8. The molecule has 2 rings (SSSR count). The predicted octanol–water partition coefficient (Wildman–Crippen LogP) is 3.57. The number of anilines is 1. The molecule has 1 N–H and O–H groups in total. The molecular weight excluding hydrogens is 348 g/mol. The molecule has 26 heavy (non-hydrogen) atoms. The monoisotopic (exact) mass is 374 g/mol. The van der Waals surface area contributed by atoms with Crippen LogP contribution in [0.15, 0.2) is 41.3 Å². The van der Waals surface area contributed by atoms with E-state index in [1.54, 1.807) is 26.0 Å². The number of nitrogens with zero attached hydrogens (tertiary/aromatic N) is 1. The molecule has 2 aromatic carbocycles. The first kappa shape index (κ1) is 20.1. The van der Waals surface area contributed by atoms with E-state index in [1.165, 1.54) is 4.31 Å². The number of nitrogens with one attached hydrogen (secondary N) is 1. The third kappa shape index (κ3) is 4.51. The fraction of sp³-hybridized carbons (Fsp3) is 0.350. The lowest BCUT2D eigenvalue weighted by atomic mass is 10.1. The van der Waals surface area contributed by atoms with Gasteiger partial charge in [0.2, 0.25) is 15.9 Å². The van der Waals surface area contributed by atoms with E-state index in [1.807, 2.05) is 45.0 Å². The third-order valence-corrected chi connectivity index (χ3v) is 6.49. The molecule has 0 spiro atoms. The highest BCUT2D eigenvalue weighted by atomic mass is 32.2. The largest absolute Gasteiger partial charge is 0.325 e. The molecule has 0 aliphatic rings. The van der Waals surface area contributed by atoms with E-state index in [0.29, 0.717) is 11.3 Å². The summed E-state index contributed by atoms with van der Waals surface area (Å²) in [6.07, 6.45) is 0. The number of likely N-dealkylation sites (N-methyl/N-ethyl adjacent to an activating group) is 1. The SMILES string of the molecule is CCN(CC(=O)Nc1ccc(C)c(C)c1)S(=O)(=O)c1cc(C)ccc1C. The summed E-state index contributed by atoms with van der Waals surface area (Å²) < 4.78 is 27.1. The quantitative estimate of drug-likeness (QED) is 0.840. The predicted molar refractivity (Wildman–Crippen MR) is 105 cm³/mol. The Bertz CT molecular complexity index is 921. The lowest BCUT2D eigenvalue weighted by molar-refractivity contribution is -0.116. The molecule has 2 aromatic rings. The van der Waals surface area contributed by atoms with E-state index in [2.05, 4.69) is 5.32 Å². The molecule has 0 aliphatic carbocycles. The Balaban J connectivity index is 2.20. The molecule has 0 fully saturated rings. The normalized spacial score (nSPS) is 11.6. The Kier molecular flexibility index (Phi) is 6.21. The van der Waals surface area contributed by atoms with Crippen molar-refractivity contribution in [2.24, 2.45) is 0 Å². The molecule has 1 amide bonds. The standard InChI is InChI=1S/C20H26N2O3S/c1-6-22(26(24,25)19-11-14(2)7-8-16(19)4)13-20(23)21-18-10-9-15(3)17(5)12-18/h7-12H,6,13H2,1-5H3,(H,21,23). The maximum absolute atomic E-state index is 13.0. The third-order valence-electron chi connectivity index (χ3n) is 4.42. The number of carbonyl (C=O) groups excluding carboxylic acids is 1. The molecule has 0 atom stereocenters. The van der Waals surface area contributed by atoms with Gasteiger partial charge in [-0.05, 0) is 68.1 Å². The van der Waals surface area contributed by atoms with Crippen LogP contribution in [0.1, 0.15) is 29.2 Å². The number of amides is 1. The fourth-order valence-corrected chi connectivity index (χ4v) is 4.39. The Hall–Kier alpha value is -2.18.